The molecule has 2 aromatic carbocycles. The van der Waals surface area contributed by atoms with E-state index in [0.29, 0.717) is 22.7 Å². The normalized spacial score (nSPS) is 10.4. The lowest BCUT2D eigenvalue weighted by atomic mass is 10.2. The molecule has 1 heterocycles. The number of imidazole rings is 1. The molecule has 0 spiro atoms. The minimum Gasteiger partial charge on any atom is -0.494 e. The van der Waals surface area contributed by atoms with Crippen LogP contribution in [0.2, 0.25) is 0 Å². The SMILES string of the molecule is CCOc1ccc(OC(=O)c2ccc(-n3cc[nH]c3=S)cc2)cc1. The first-order valence-corrected chi connectivity index (χ1v) is 7.89. The Hall–Kier alpha value is -2.86. The smallest absolute Gasteiger partial charge is 0.343 e. The topological polar surface area (TPSA) is 56.2 Å². The predicted molar refractivity (Wildman–Crippen MR) is 93.5 cm³/mol. The van der Waals surface area contributed by atoms with Crippen LogP contribution in [0.5, 0.6) is 11.5 Å². The van der Waals surface area contributed by atoms with Crippen LogP contribution in [0, 0.1) is 4.77 Å². The Kier molecular flexibility index (Phi) is 4.77. The number of rotatable bonds is 5. The van der Waals surface area contributed by atoms with Gasteiger partial charge in [-0.1, -0.05) is 0 Å². The van der Waals surface area contributed by atoms with E-state index in [4.69, 9.17) is 21.7 Å². The highest BCUT2D eigenvalue weighted by Crippen LogP contribution is 2.19. The Balaban J connectivity index is 1.71. The van der Waals surface area contributed by atoms with Gasteiger partial charge in [0.1, 0.15) is 11.5 Å². The predicted octanol–water partition coefficient (Wildman–Crippen LogP) is 4.15. The molecule has 6 heteroatoms. The van der Waals surface area contributed by atoms with Gasteiger partial charge in [0.15, 0.2) is 4.77 Å². The third-order valence-electron chi connectivity index (χ3n) is 3.38. The maximum atomic E-state index is 12.2. The van der Waals surface area contributed by atoms with Crippen molar-refractivity contribution < 1.29 is 14.3 Å². The molecular weight excluding hydrogens is 324 g/mol. The summed E-state index contributed by atoms with van der Waals surface area (Å²) in [4.78, 5) is 15.1. The number of aromatic amines is 1. The number of H-pyrrole nitrogens is 1. The highest BCUT2D eigenvalue weighted by atomic mass is 32.1. The van der Waals surface area contributed by atoms with Crippen molar-refractivity contribution in [2.24, 2.45) is 0 Å². The summed E-state index contributed by atoms with van der Waals surface area (Å²) in [6, 6.07) is 14.0. The lowest BCUT2D eigenvalue weighted by Crippen LogP contribution is -2.08. The highest BCUT2D eigenvalue weighted by molar-refractivity contribution is 7.71. The zero-order valence-corrected chi connectivity index (χ0v) is 13.9. The molecule has 0 saturated carbocycles. The van der Waals surface area contributed by atoms with Crippen LogP contribution in [0.15, 0.2) is 60.9 Å². The molecule has 0 bridgehead atoms. The van der Waals surface area contributed by atoms with Crippen molar-refractivity contribution >= 4 is 18.2 Å². The number of carbonyl (C=O) groups is 1. The van der Waals surface area contributed by atoms with E-state index in [1.165, 1.54) is 0 Å². The summed E-state index contributed by atoms with van der Waals surface area (Å²) in [5, 5.41) is 0. The van der Waals surface area contributed by atoms with Crippen molar-refractivity contribution in [1.29, 1.82) is 0 Å². The van der Waals surface area contributed by atoms with Crippen molar-refractivity contribution in [2.45, 2.75) is 6.92 Å². The molecule has 122 valence electrons. The standard InChI is InChI=1S/C18H16N2O3S/c1-2-22-15-7-9-16(10-8-15)23-17(21)13-3-5-14(6-4-13)20-12-11-19-18(20)24/h3-12H,2H2,1H3,(H,19,24). The zero-order valence-electron chi connectivity index (χ0n) is 13.1. The van der Waals surface area contributed by atoms with E-state index in [1.54, 1.807) is 42.6 Å². The fraction of sp³-hybridized carbons (Fsp3) is 0.111. The molecule has 0 aliphatic heterocycles. The number of carbonyl (C=O) groups excluding carboxylic acids is 1. The third kappa shape index (κ3) is 3.55. The summed E-state index contributed by atoms with van der Waals surface area (Å²) in [6.07, 6.45) is 3.59. The van der Waals surface area contributed by atoms with Crippen LogP contribution in [-0.2, 0) is 0 Å². The maximum Gasteiger partial charge on any atom is 0.343 e. The molecule has 3 rings (SSSR count). The Morgan fingerprint density at radius 3 is 2.33 bits per heavy atom. The lowest BCUT2D eigenvalue weighted by molar-refractivity contribution is 0.0734. The van der Waals surface area contributed by atoms with Crippen LogP contribution in [0.25, 0.3) is 5.69 Å². The summed E-state index contributed by atoms with van der Waals surface area (Å²) in [5.41, 5.74) is 1.34. The number of nitrogens with zero attached hydrogens (tertiary/aromatic N) is 1. The second-order valence-corrected chi connectivity index (χ2v) is 5.36. The molecule has 1 aromatic heterocycles. The van der Waals surface area contributed by atoms with Gasteiger partial charge in [-0.15, -0.1) is 0 Å². The van der Waals surface area contributed by atoms with E-state index >= 15 is 0 Å². The van der Waals surface area contributed by atoms with Crippen LogP contribution >= 0.6 is 12.2 Å². The molecular formula is C18H16N2O3S. The van der Waals surface area contributed by atoms with Crippen molar-refractivity contribution in [3.63, 3.8) is 0 Å². The number of hydrogen-bond donors (Lipinski definition) is 1. The molecule has 0 atom stereocenters. The van der Waals surface area contributed by atoms with Gasteiger partial charge in [-0.2, -0.15) is 0 Å². The first kappa shape index (κ1) is 16.0. The summed E-state index contributed by atoms with van der Waals surface area (Å²) in [7, 11) is 0. The second kappa shape index (κ2) is 7.14. The lowest BCUT2D eigenvalue weighted by Gasteiger charge is -2.07. The van der Waals surface area contributed by atoms with Crippen LogP contribution in [-0.4, -0.2) is 22.1 Å². The molecule has 0 fully saturated rings. The van der Waals surface area contributed by atoms with Gasteiger partial charge >= 0.3 is 5.97 Å². The van der Waals surface area contributed by atoms with E-state index in [9.17, 15) is 4.79 Å². The number of aromatic nitrogens is 2. The van der Waals surface area contributed by atoms with Crippen molar-refractivity contribution in [3.8, 4) is 17.2 Å². The number of benzene rings is 2. The van der Waals surface area contributed by atoms with E-state index < -0.39 is 5.97 Å². The maximum absolute atomic E-state index is 12.2. The van der Waals surface area contributed by atoms with E-state index in [1.807, 2.05) is 29.8 Å². The van der Waals surface area contributed by atoms with Gasteiger partial charge in [0.2, 0.25) is 0 Å². The monoisotopic (exact) mass is 340 g/mol. The summed E-state index contributed by atoms with van der Waals surface area (Å²) < 4.78 is 13.1. The minimum absolute atomic E-state index is 0.414. The van der Waals surface area contributed by atoms with Crippen LogP contribution in [0.3, 0.4) is 0 Å². The van der Waals surface area contributed by atoms with Crippen LogP contribution in [0.1, 0.15) is 17.3 Å². The van der Waals surface area contributed by atoms with Crippen molar-refractivity contribution in [2.75, 3.05) is 6.61 Å². The Morgan fingerprint density at radius 1 is 1.08 bits per heavy atom. The van der Waals surface area contributed by atoms with E-state index in [2.05, 4.69) is 4.98 Å². The zero-order chi connectivity index (χ0) is 16.9. The first-order chi connectivity index (χ1) is 11.7. The summed E-state index contributed by atoms with van der Waals surface area (Å²) in [5.74, 6) is 0.800. The Bertz CT molecular complexity index is 880. The average Bonchev–Trinajstić information content (AvgIpc) is 3.03. The van der Waals surface area contributed by atoms with Gasteiger partial charge < -0.3 is 14.5 Å². The van der Waals surface area contributed by atoms with Crippen molar-refractivity contribution in [1.82, 2.24) is 9.55 Å². The van der Waals surface area contributed by atoms with Crippen LogP contribution < -0.4 is 9.47 Å². The van der Waals surface area contributed by atoms with Gasteiger partial charge in [-0.25, -0.2) is 4.79 Å². The Morgan fingerprint density at radius 2 is 1.75 bits per heavy atom. The summed E-state index contributed by atoms with van der Waals surface area (Å²) in [6.45, 7) is 2.51. The molecule has 0 unspecified atom stereocenters. The molecule has 0 aliphatic carbocycles. The van der Waals surface area contributed by atoms with Crippen molar-refractivity contribution in [3.05, 3.63) is 71.3 Å². The molecule has 1 N–H and O–H groups in total. The first-order valence-electron chi connectivity index (χ1n) is 7.49. The Labute approximate surface area is 144 Å². The average molecular weight is 340 g/mol. The minimum atomic E-state index is -0.414. The highest BCUT2D eigenvalue weighted by Gasteiger charge is 2.09. The fourth-order valence-corrected chi connectivity index (χ4v) is 2.45. The van der Waals surface area contributed by atoms with E-state index in [0.717, 1.165) is 11.4 Å². The molecule has 0 saturated heterocycles. The second-order valence-electron chi connectivity index (χ2n) is 4.98. The van der Waals surface area contributed by atoms with Gasteiger partial charge in [0.25, 0.3) is 0 Å². The largest absolute Gasteiger partial charge is 0.494 e. The fourth-order valence-electron chi connectivity index (χ4n) is 2.22. The van der Waals surface area contributed by atoms with Gasteiger partial charge in [-0.05, 0) is 67.7 Å². The number of hydrogen-bond acceptors (Lipinski definition) is 4. The molecule has 0 aliphatic rings. The molecule has 0 radical (unpaired) electrons. The summed E-state index contributed by atoms with van der Waals surface area (Å²) >= 11 is 5.17. The molecule has 0 amide bonds. The van der Waals surface area contributed by atoms with Gasteiger partial charge in [0.05, 0.1) is 12.2 Å². The van der Waals surface area contributed by atoms with E-state index in [-0.39, 0.29) is 0 Å². The molecule has 24 heavy (non-hydrogen) atoms. The molecule has 5 nitrogen and oxygen atoms in total. The van der Waals surface area contributed by atoms with Crippen LogP contribution in [0.4, 0.5) is 0 Å². The third-order valence-corrected chi connectivity index (χ3v) is 3.69. The van der Waals surface area contributed by atoms with Gasteiger partial charge in [0, 0.05) is 18.1 Å². The number of nitrogens with one attached hydrogen (secondary N) is 1. The number of ether oxygens (including phenoxy) is 2. The quantitative estimate of drug-likeness (QED) is 0.431. The molecule has 3 aromatic rings. The van der Waals surface area contributed by atoms with Gasteiger partial charge in [-0.3, -0.25) is 4.57 Å². The number of esters is 1.